The summed E-state index contributed by atoms with van der Waals surface area (Å²) >= 11 is 0.968. The fourth-order valence-corrected chi connectivity index (χ4v) is 3.37. The number of para-hydroxylation sites is 1. The normalized spacial score (nSPS) is 10.7. The monoisotopic (exact) mass is 386 g/mol. The van der Waals surface area contributed by atoms with E-state index in [2.05, 4.69) is 9.72 Å². The molecular formula is C19H15FN2O4S. The number of rotatable bonds is 6. The second-order valence-corrected chi connectivity index (χ2v) is 6.51. The minimum absolute atomic E-state index is 0.0346. The first-order valence-electron chi connectivity index (χ1n) is 7.98. The Balaban J connectivity index is 1.96. The van der Waals surface area contributed by atoms with Crippen molar-refractivity contribution in [2.24, 2.45) is 0 Å². The number of ether oxygens (including phenoxy) is 1. The molecule has 0 aliphatic heterocycles. The van der Waals surface area contributed by atoms with Gasteiger partial charge in [-0.05, 0) is 24.3 Å². The molecule has 1 aromatic heterocycles. The molecule has 0 atom stereocenters. The average molecular weight is 386 g/mol. The third kappa shape index (κ3) is 4.06. The van der Waals surface area contributed by atoms with Crippen LogP contribution in [0, 0.1) is 5.82 Å². The molecule has 0 saturated carbocycles. The number of aromatic nitrogens is 2. The van der Waals surface area contributed by atoms with Crippen LogP contribution in [0.4, 0.5) is 4.39 Å². The van der Waals surface area contributed by atoms with Crippen LogP contribution in [-0.4, -0.2) is 34.2 Å². The Kier molecular flexibility index (Phi) is 5.66. The summed E-state index contributed by atoms with van der Waals surface area (Å²) in [6.07, 6.45) is 0. The van der Waals surface area contributed by atoms with Crippen molar-refractivity contribution in [2.45, 2.75) is 11.7 Å². The lowest BCUT2D eigenvalue weighted by Gasteiger charge is -2.12. The van der Waals surface area contributed by atoms with Gasteiger partial charge in [-0.2, -0.15) is 0 Å². The molecular weight excluding hydrogens is 371 g/mol. The summed E-state index contributed by atoms with van der Waals surface area (Å²) in [4.78, 5) is 41.1. The number of benzene rings is 2. The minimum atomic E-state index is -0.614. The Morgan fingerprint density at radius 1 is 1.15 bits per heavy atom. The molecule has 0 fully saturated rings. The van der Waals surface area contributed by atoms with Crippen LogP contribution in [0.25, 0.3) is 10.9 Å². The van der Waals surface area contributed by atoms with Gasteiger partial charge in [0.2, 0.25) is 0 Å². The summed E-state index contributed by atoms with van der Waals surface area (Å²) < 4.78 is 19.6. The van der Waals surface area contributed by atoms with Crippen LogP contribution in [0.5, 0.6) is 0 Å². The lowest BCUT2D eigenvalue weighted by molar-refractivity contribution is -0.141. The van der Waals surface area contributed by atoms with Crippen LogP contribution in [0.2, 0.25) is 0 Å². The van der Waals surface area contributed by atoms with Crippen molar-refractivity contribution in [3.63, 3.8) is 0 Å². The number of thioether (sulfide) groups is 1. The molecule has 0 N–H and O–H groups in total. The molecule has 0 bridgehead atoms. The third-order valence-electron chi connectivity index (χ3n) is 3.85. The molecule has 1 heterocycles. The van der Waals surface area contributed by atoms with Gasteiger partial charge in [0.15, 0.2) is 10.9 Å². The second kappa shape index (κ2) is 8.13. The van der Waals surface area contributed by atoms with Crippen molar-refractivity contribution < 1.29 is 18.7 Å². The summed E-state index contributed by atoms with van der Waals surface area (Å²) in [6, 6.07) is 12.4. The molecule has 6 nitrogen and oxygen atoms in total. The molecule has 27 heavy (non-hydrogen) atoms. The molecule has 3 aromatic rings. The summed E-state index contributed by atoms with van der Waals surface area (Å²) in [5.41, 5.74) is 0.00366. The van der Waals surface area contributed by atoms with Crippen LogP contribution in [0.15, 0.2) is 58.5 Å². The zero-order valence-electron chi connectivity index (χ0n) is 14.3. The van der Waals surface area contributed by atoms with E-state index >= 15 is 0 Å². The first-order valence-corrected chi connectivity index (χ1v) is 8.96. The zero-order chi connectivity index (χ0) is 19.4. The van der Waals surface area contributed by atoms with E-state index in [-0.39, 0.29) is 23.0 Å². The number of carbonyl (C=O) groups excluding carboxylic acids is 2. The molecule has 0 radical (unpaired) electrons. The molecule has 0 spiro atoms. The molecule has 0 aliphatic rings. The van der Waals surface area contributed by atoms with Gasteiger partial charge in [-0.3, -0.25) is 19.0 Å². The minimum Gasteiger partial charge on any atom is -0.468 e. The quantitative estimate of drug-likeness (QED) is 0.281. The van der Waals surface area contributed by atoms with Crippen molar-refractivity contribution in [3.8, 4) is 0 Å². The maximum atomic E-state index is 13.8. The number of hydrogen-bond acceptors (Lipinski definition) is 6. The van der Waals surface area contributed by atoms with E-state index in [0.29, 0.717) is 10.9 Å². The van der Waals surface area contributed by atoms with Crippen molar-refractivity contribution in [2.75, 3.05) is 12.9 Å². The number of halogens is 1. The van der Waals surface area contributed by atoms with E-state index in [0.717, 1.165) is 16.3 Å². The Morgan fingerprint density at radius 2 is 1.85 bits per heavy atom. The highest BCUT2D eigenvalue weighted by Crippen LogP contribution is 2.20. The molecule has 0 amide bonds. The SMILES string of the molecule is COC(=O)Cn1c(SCC(=O)c2ccccc2F)nc2ccccc2c1=O. The first-order chi connectivity index (χ1) is 13.0. The van der Waals surface area contributed by atoms with Crippen LogP contribution in [0.3, 0.4) is 0 Å². The smallest absolute Gasteiger partial charge is 0.325 e. The summed E-state index contributed by atoms with van der Waals surface area (Å²) in [5, 5.41) is 0.542. The van der Waals surface area contributed by atoms with Crippen LogP contribution in [0.1, 0.15) is 10.4 Å². The van der Waals surface area contributed by atoms with Crippen molar-refractivity contribution >= 4 is 34.4 Å². The molecule has 0 unspecified atom stereocenters. The average Bonchev–Trinajstić information content (AvgIpc) is 2.68. The molecule has 0 aliphatic carbocycles. The largest absolute Gasteiger partial charge is 0.468 e. The van der Waals surface area contributed by atoms with Gasteiger partial charge in [0, 0.05) is 0 Å². The van der Waals surface area contributed by atoms with Gasteiger partial charge in [-0.25, -0.2) is 9.37 Å². The highest BCUT2D eigenvalue weighted by Gasteiger charge is 2.17. The van der Waals surface area contributed by atoms with E-state index in [9.17, 15) is 18.8 Å². The number of hydrogen-bond donors (Lipinski definition) is 0. The summed E-state index contributed by atoms with van der Waals surface area (Å²) in [7, 11) is 1.22. The lowest BCUT2D eigenvalue weighted by atomic mass is 10.1. The van der Waals surface area contributed by atoms with Crippen molar-refractivity contribution in [1.82, 2.24) is 9.55 Å². The van der Waals surface area contributed by atoms with Gasteiger partial charge >= 0.3 is 5.97 Å². The van der Waals surface area contributed by atoms with Gasteiger partial charge in [0.25, 0.3) is 5.56 Å². The molecule has 3 rings (SSSR count). The predicted octanol–water partition coefficient (Wildman–Crippen LogP) is 2.68. The number of esters is 1. The van der Waals surface area contributed by atoms with Gasteiger partial charge in [0.1, 0.15) is 12.4 Å². The van der Waals surface area contributed by atoms with Gasteiger partial charge in [0.05, 0.1) is 29.3 Å². The van der Waals surface area contributed by atoms with Crippen LogP contribution in [-0.2, 0) is 16.1 Å². The highest BCUT2D eigenvalue weighted by molar-refractivity contribution is 7.99. The fourth-order valence-electron chi connectivity index (χ4n) is 2.49. The maximum absolute atomic E-state index is 13.8. The second-order valence-electron chi connectivity index (χ2n) is 5.57. The molecule has 2 aromatic carbocycles. The fraction of sp³-hybridized carbons (Fsp3) is 0.158. The van der Waals surface area contributed by atoms with E-state index in [1.807, 2.05) is 0 Å². The third-order valence-corrected chi connectivity index (χ3v) is 4.82. The molecule has 138 valence electrons. The van der Waals surface area contributed by atoms with Crippen molar-refractivity contribution in [3.05, 3.63) is 70.3 Å². The predicted molar refractivity (Wildman–Crippen MR) is 99.5 cm³/mol. The summed E-state index contributed by atoms with van der Waals surface area (Å²) in [5.74, 6) is -1.80. The van der Waals surface area contributed by atoms with Crippen LogP contribution < -0.4 is 5.56 Å². The van der Waals surface area contributed by atoms with E-state index < -0.39 is 23.1 Å². The molecule has 0 saturated heterocycles. The van der Waals surface area contributed by atoms with Gasteiger partial charge in [-0.1, -0.05) is 36.0 Å². The zero-order valence-corrected chi connectivity index (χ0v) is 15.2. The Hall–Kier alpha value is -3.00. The van der Waals surface area contributed by atoms with Crippen LogP contribution >= 0.6 is 11.8 Å². The number of nitrogens with zero attached hydrogens (tertiary/aromatic N) is 2. The number of ketones is 1. The number of fused-ring (bicyclic) bond motifs is 1. The lowest BCUT2D eigenvalue weighted by Crippen LogP contribution is -2.27. The molecule has 8 heteroatoms. The topological polar surface area (TPSA) is 78.3 Å². The van der Waals surface area contributed by atoms with Gasteiger partial charge in [-0.15, -0.1) is 0 Å². The number of methoxy groups -OCH3 is 1. The van der Waals surface area contributed by atoms with Crippen molar-refractivity contribution in [1.29, 1.82) is 0 Å². The van der Waals surface area contributed by atoms with E-state index in [1.165, 1.54) is 25.3 Å². The Labute approximate surface area is 158 Å². The Bertz CT molecular complexity index is 1080. The standard InChI is InChI=1S/C19H15FN2O4S/c1-26-17(24)10-22-18(25)13-7-3-5-9-15(13)21-19(22)27-11-16(23)12-6-2-4-8-14(12)20/h2-9H,10-11H2,1H3. The highest BCUT2D eigenvalue weighted by atomic mass is 32.2. The summed E-state index contributed by atoms with van der Waals surface area (Å²) in [6.45, 7) is -0.330. The Morgan fingerprint density at radius 3 is 2.59 bits per heavy atom. The van der Waals surface area contributed by atoms with Gasteiger partial charge < -0.3 is 4.74 Å². The van der Waals surface area contributed by atoms with E-state index in [4.69, 9.17) is 0 Å². The number of carbonyl (C=O) groups is 2. The maximum Gasteiger partial charge on any atom is 0.325 e. The number of Topliss-reactive ketones (excluding diaryl/α,β-unsaturated/α-hetero) is 1. The first kappa shape index (κ1) is 18.8. The van der Waals surface area contributed by atoms with E-state index in [1.54, 1.807) is 30.3 Å².